The molecule has 2 aromatic rings. The summed E-state index contributed by atoms with van der Waals surface area (Å²) in [6, 6.07) is 9.14. The number of carbonyl (C=O) groups excluding carboxylic acids is 1. The molecule has 22 heavy (non-hydrogen) atoms. The summed E-state index contributed by atoms with van der Waals surface area (Å²) < 4.78 is 11.1. The van der Waals surface area contributed by atoms with Gasteiger partial charge in [-0.15, -0.1) is 0 Å². The predicted octanol–water partition coefficient (Wildman–Crippen LogP) is 2.89. The molecule has 0 radical (unpaired) electrons. The fourth-order valence-corrected chi connectivity index (χ4v) is 2.19. The number of ether oxygens (including phenoxy) is 2. The lowest BCUT2D eigenvalue weighted by Gasteiger charge is -2.18. The predicted molar refractivity (Wildman–Crippen MR) is 83.9 cm³/mol. The molecule has 2 heterocycles. The van der Waals surface area contributed by atoms with E-state index in [1.54, 1.807) is 24.5 Å². The number of hydrogen-bond donors (Lipinski definition) is 1. The Kier molecular flexibility index (Phi) is 4.05. The maximum Gasteiger partial charge on any atom is 0.255 e. The van der Waals surface area contributed by atoms with E-state index in [1.165, 1.54) is 0 Å². The van der Waals surface area contributed by atoms with Gasteiger partial charge in [0.1, 0.15) is 18.1 Å². The molecule has 5 heteroatoms. The second-order valence-electron chi connectivity index (χ2n) is 4.79. The van der Waals surface area contributed by atoms with Crippen LogP contribution in [0.4, 0.5) is 5.69 Å². The molecular weight excluding hydrogens is 280 g/mol. The van der Waals surface area contributed by atoms with Gasteiger partial charge >= 0.3 is 0 Å². The number of fused-ring (bicyclic) bond motifs is 1. The van der Waals surface area contributed by atoms with Crippen molar-refractivity contribution >= 4 is 17.7 Å². The molecule has 0 bridgehead atoms. The van der Waals surface area contributed by atoms with Crippen molar-refractivity contribution in [3.05, 3.63) is 53.9 Å². The summed E-state index contributed by atoms with van der Waals surface area (Å²) in [5.74, 6) is 1.32. The lowest BCUT2D eigenvalue weighted by molar-refractivity contribution is -0.113. The van der Waals surface area contributed by atoms with E-state index in [4.69, 9.17) is 9.47 Å². The normalized spacial score (nSPS) is 12.7. The Morgan fingerprint density at radius 2 is 2.32 bits per heavy atom. The summed E-state index contributed by atoms with van der Waals surface area (Å²) in [7, 11) is 0. The second kappa shape index (κ2) is 6.30. The molecule has 1 amide bonds. The molecule has 0 atom stereocenters. The summed E-state index contributed by atoms with van der Waals surface area (Å²) in [6.45, 7) is 2.77. The summed E-state index contributed by atoms with van der Waals surface area (Å²) in [5.41, 5.74) is 2.06. The van der Waals surface area contributed by atoms with Gasteiger partial charge in [0, 0.05) is 11.8 Å². The number of carbonyl (C=O) groups is 1. The third-order valence-electron chi connectivity index (χ3n) is 3.22. The fourth-order valence-electron chi connectivity index (χ4n) is 2.19. The first-order chi connectivity index (χ1) is 10.8. The van der Waals surface area contributed by atoms with Crippen LogP contribution in [0.15, 0.2) is 48.3 Å². The minimum atomic E-state index is -0.194. The number of amides is 1. The van der Waals surface area contributed by atoms with Gasteiger partial charge in [0.25, 0.3) is 5.91 Å². The zero-order valence-electron chi connectivity index (χ0n) is 12.2. The first-order valence-electron chi connectivity index (χ1n) is 7.08. The highest BCUT2D eigenvalue weighted by Gasteiger charge is 2.18. The average Bonchev–Trinajstić information content (AvgIpc) is 2.55. The Morgan fingerprint density at radius 1 is 1.41 bits per heavy atom. The molecule has 1 aliphatic heterocycles. The third-order valence-corrected chi connectivity index (χ3v) is 3.22. The molecule has 0 aliphatic carbocycles. The Balaban J connectivity index is 1.80. The third kappa shape index (κ3) is 3.09. The number of benzene rings is 1. The van der Waals surface area contributed by atoms with Crippen LogP contribution >= 0.6 is 0 Å². The first-order valence-corrected chi connectivity index (χ1v) is 7.08. The van der Waals surface area contributed by atoms with Crippen LogP contribution in [-0.2, 0) is 4.79 Å². The van der Waals surface area contributed by atoms with Crippen molar-refractivity contribution in [2.45, 2.75) is 6.92 Å². The molecule has 112 valence electrons. The highest BCUT2D eigenvalue weighted by Crippen LogP contribution is 2.30. The van der Waals surface area contributed by atoms with E-state index in [0.29, 0.717) is 17.9 Å². The minimum Gasteiger partial charge on any atom is -0.494 e. The summed E-state index contributed by atoms with van der Waals surface area (Å²) >= 11 is 0. The van der Waals surface area contributed by atoms with E-state index in [1.807, 2.05) is 31.2 Å². The van der Waals surface area contributed by atoms with Gasteiger partial charge in [-0.1, -0.05) is 0 Å². The van der Waals surface area contributed by atoms with Crippen molar-refractivity contribution in [1.82, 2.24) is 4.98 Å². The molecule has 3 rings (SSSR count). The monoisotopic (exact) mass is 296 g/mol. The largest absolute Gasteiger partial charge is 0.494 e. The number of anilines is 1. The van der Waals surface area contributed by atoms with Crippen molar-refractivity contribution in [3.63, 3.8) is 0 Å². The van der Waals surface area contributed by atoms with Crippen molar-refractivity contribution in [2.24, 2.45) is 0 Å². The Labute approximate surface area is 128 Å². The molecule has 0 fully saturated rings. The number of pyridine rings is 1. The quantitative estimate of drug-likeness (QED) is 0.942. The van der Waals surface area contributed by atoms with Crippen molar-refractivity contribution in [3.8, 4) is 11.5 Å². The number of aromatic nitrogens is 1. The van der Waals surface area contributed by atoms with Crippen LogP contribution in [0.5, 0.6) is 11.5 Å². The fraction of sp³-hybridized carbons (Fsp3) is 0.176. The van der Waals surface area contributed by atoms with Crippen LogP contribution in [0.2, 0.25) is 0 Å². The van der Waals surface area contributed by atoms with Crippen molar-refractivity contribution in [2.75, 3.05) is 18.5 Å². The smallest absolute Gasteiger partial charge is 0.255 e. The maximum atomic E-state index is 12.3. The SMILES string of the molecule is CCOc1ccc2c(c1)C=C(C(=O)Nc1cccnc1)CO2. The first kappa shape index (κ1) is 14.1. The molecule has 0 saturated carbocycles. The molecular formula is C17H16N2O3. The Bertz CT molecular complexity index is 711. The van der Waals surface area contributed by atoms with Crippen LogP contribution in [-0.4, -0.2) is 24.1 Å². The molecule has 1 N–H and O–H groups in total. The van der Waals surface area contributed by atoms with E-state index in [0.717, 1.165) is 17.1 Å². The zero-order valence-corrected chi connectivity index (χ0v) is 12.2. The van der Waals surface area contributed by atoms with Gasteiger partial charge < -0.3 is 14.8 Å². The average molecular weight is 296 g/mol. The van der Waals surface area contributed by atoms with Gasteiger partial charge in [-0.3, -0.25) is 9.78 Å². The standard InChI is InChI=1S/C17H16N2O3/c1-2-21-15-5-6-16-12(9-15)8-13(11-22-16)17(20)19-14-4-3-7-18-10-14/h3-10H,2,11H2,1H3,(H,19,20). The lowest BCUT2D eigenvalue weighted by Crippen LogP contribution is -2.21. The van der Waals surface area contributed by atoms with Crippen LogP contribution in [0.1, 0.15) is 12.5 Å². The van der Waals surface area contributed by atoms with Crippen molar-refractivity contribution in [1.29, 1.82) is 0 Å². The topological polar surface area (TPSA) is 60.5 Å². The summed E-state index contributed by atoms with van der Waals surface area (Å²) in [4.78, 5) is 16.2. The number of rotatable bonds is 4. The van der Waals surface area contributed by atoms with Gasteiger partial charge in [-0.05, 0) is 43.3 Å². The van der Waals surface area contributed by atoms with Gasteiger partial charge in [0.2, 0.25) is 0 Å². The van der Waals surface area contributed by atoms with Crippen LogP contribution in [0.3, 0.4) is 0 Å². The molecule has 0 saturated heterocycles. The zero-order chi connectivity index (χ0) is 15.4. The van der Waals surface area contributed by atoms with E-state index in [2.05, 4.69) is 10.3 Å². The summed E-state index contributed by atoms with van der Waals surface area (Å²) in [5, 5.41) is 2.80. The lowest BCUT2D eigenvalue weighted by atomic mass is 10.1. The maximum absolute atomic E-state index is 12.3. The minimum absolute atomic E-state index is 0.194. The molecule has 1 aliphatic rings. The van der Waals surface area contributed by atoms with E-state index in [9.17, 15) is 4.79 Å². The molecule has 5 nitrogen and oxygen atoms in total. The van der Waals surface area contributed by atoms with E-state index < -0.39 is 0 Å². The summed E-state index contributed by atoms with van der Waals surface area (Å²) in [6.07, 6.45) is 5.08. The number of hydrogen-bond acceptors (Lipinski definition) is 4. The highest BCUT2D eigenvalue weighted by molar-refractivity contribution is 6.07. The van der Waals surface area contributed by atoms with Gasteiger partial charge in [0.15, 0.2) is 0 Å². The van der Waals surface area contributed by atoms with Crippen molar-refractivity contribution < 1.29 is 14.3 Å². The molecule has 0 unspecified atom stereocenters. The molecule has 1 aromatic carbocycles. The van der Waals surface area contributed by atoms with Gasteiger partial charge in [-0.25, -0.2) is 0 Å². The number of nitrogens with zero attached hydrogens (tertiary/aromatic N) is 1. The number of nitrogens with one attached hydrogen (secondary N) is 1. The molecule has 1 aromatic heterocycles. The molecule has 0 spiro atoms. The Hall–Kier alpha value is -2.82. The van der Waals surface area contributed by atoms with Crippen LogP contribution < -0.4 is 14.8 Å². The van der Waals surface area contributed by atoms with Crippen LogP contribution in [0, 0.1) is 0 Å². The van der Waals surface area contributed by atoms with Gasteiger partial charge in [-0.2, -0.15) is 0 Å². The van der Waals surface area contributed by atoms with Crippen LogP contribution in [0.25, 0.3) is 6.08 Å². The van der Waals surface area contributed by atoms with Gasteiger partial charge in [0.05, 0.1) is 24.1 Å². The highest BCUT2D eigenvalue weighted by atomic mass is 16.5. The second-order valence-corrected chi connectivity index (χ2v) is 4.79. The Morgan fingerprint density at radius 3 is 3.09 bits per heavy atom. The van der Waals surface area contributed by atoms with E-state index in [-0.39, 0.29) is 12.5 Å². The van der Waals surface area contributed by atoms with E-state index >= 15 is 0 Å².